The second kappa shape index (κ2) is 7.91. The number of benzene rings is 2. The zero-order chi connectivity index (χ0) is 18.5. The Labute approximate surface area is 152 Å². The number of hydrogen-bond donors (Lipinski definition) is 1. The average Bonchev–Trinajstić information content (AvgIpc) is 2.66. The summed E-state index contributed by atoms with van der Waals surface area (Å²) in [5.74, 6) is 0.545. The maximum atomic E-state index is 12.4. The minimum Gasteiger partial charge on any atom is -0.486 e. The molecule has 6 heteroatoms. The van der Waals surface area contributed by atoms with Crippen LogP contribution in [0.15, 0.2) is 42.5 Å². The third-order valence-electron chi connectivity index (χ3n) is 4.28. The second-order valence-electron chi connectivity index (χ2n) is 6.23. The lowest BCUT2D eigenvalue weighted by Crippen LogP contribution is -2.26. The maximum Gasteiger partial charge on any atom is 0.335 e. The number of aromatic carboxylic acids is 1. The fraction of sp³-hybridized carbons (Fsp3) is 0.300. The summed E-state index contributed by atoms with van der Waals surface area (Å²) in [6.45, 7) is 1.54. The Bertz CT molecular complexity index is 800. The fourth-order valence-corrected chi connectivity index (χ4v) is 2.80. The van der Waals surface area contributed by atoms with Gasteiger partial charge in [0.1, 0.15) is 13.2 Å². The van der Waals surface area contributed by atoms with Crippen molar-refractivity contribution in [1.29, 1.82) is 0 Å². The molecule has 1 N–H and O–H groups in total. The van der Waals surface area contributed by atoms with Crippen LogP contribution in [0.25, 0.3) is 0 Å². The SMILES string of the molecule is CN(Cc1ccc(C(=O)O)cc1)C(=O)CCc1ccc2c(c1)OCCO2. The van der Waals surface area contributed by atoms with Crippen LogP contribution in [-0.2, 0) is 17.8 Å². The highest BCUT2D eigenvalue weighted by Gasteiger charge is 2.14. The van der Waals surface area contributed by atoms with Crippen molar-refractivity contribution in [3.8, 4) is 11.5 Å². The predicted molar refractivity (Wildman–Crippen MR) is 95.6 cm³/mol. The highest BCUT2D eigenvalue weighted by Crippen LogP contribution is 2.31. The molecule has 1 aliphatic rings. The van der Waals surface area contributed by atoms with Crippen LogP contribution in [0.1, 0.15) is 27.9 Å². The smallest absolute Gasteiger partial charge is 0.335 e. The van der Waals surface area contributed by atoms with E-state index >= 15 is 0 Å². The molecule has 0 unspecified atom stereocenters. The molecule has 0 radical (unpaired) electrons. The molecule has 1 heterocycles. The first kappa shape index (κ1) is 17.8. The van der Waals surface area contributed by atoms with E-state index < -0.39 is 5.97 Å². The number of amides is 1. The molecular formula is C20H21NO5. The van der Waals surface area contributed by atoms with Crippen LogP contribution in [0.5, 0.6) is 11.5 Å². The summed E-state index contributed by atoms with van der Waals surface area (Å²) >= 11 is 0. The van der Waals surface area contributed by atoms with E-state index in [4.69, 9.17) is 14.6 Å². The molecule has 1 aliphatic heterocycles. The normalized spacial score (nSPS) is 12.5. The van der Waals surface area contributed by atoms with Crippen molar-refractivity contribution in [3.05, 3.63) is 59.2 Å². The van der Waals surface area contributed by atoms with Crippen molar-refractivity contribution < 1.29 is 24.2 Å². The van der Waals surface area contributed by atoms with Crippen LogP contribution < -0.4 is 9.47 Å². The minimum absolute atomic E-state index is 0.0298. The number of carboxylic acids is 1. The number of fused-ring (bicyclic) bond motifs is 1. The topological polar surface area (TPSA) is 76.1 Å². The minimum atomic E-state index is -0.958. The van der Waals surface area contributed by atoms with Crippen molar-refractivity contribution in [2.24, 2.45) is 0 Å². The van der Waals surface area contributed by atoms with Crippen LogP contribution in [0, 0.1) is 0 Å². The average molecular weight is 355 g/mol. The van der Waals surface area contributed by atoms with Gasteiger partial charge in [-0.1, -0.05) is 18.2 Å². The molecule has 6 nitrogen and oxygen atoms in total. The standard InChI is InChI=1S/C20H21NO5/c1-21(13-15-2-6-16(7-3-15)20(23)24)19(22)9-5-14-4-8-17-18(12-14)26-11-10-25-17/h2-4,6-8,12H,5,9-11,13H2,1H3,(H,23,24). The van der Waals surface area contributed by atoms with Gasteiger partial charge in [0, 0.05) is 20.0 Å². The predicted octanol–water partition coefficient (Wildman–Crippen LogP) is 2.75. The van der Waals surface area contributed by atoms with Crippen molar-refractivity contribution in [2.45, 2.75) is 19.4 Å². The maximum absolute atomic E-state index is 12.4. The Balaban J connectivity index is 1.53. The summed E-state index contributed by atoms with van der Waals surface area (Å²) < 4.78 is 11.1. The van der Waals surface area contributed by atoms with Crippen LogP contribution in [-0.4, -0.2) is 42.1 Å². The molecule has 26 heavy (non-hydrogen) atoms. The highest BCUT2D eigenvalue weighted by molar-refractivity contribution is 5.87. The van der Waals surface area contributed by atoms with Gasteiger partial charge in [-0.25, -0.2) is 4.79 Å². The number of nitrogens with zero attached hydrogens (tertiary/aromatic N) is 1. The summed E-state index contributed by atoms with van der Waals surface area (Å²) in [5.41, 5.74) is 2.16. The molecule has 0 fully saturated rings. The molecule has 1 amide bonds. The molecule has 0 aromatic heterocycles. The summed E-state index contributed by atoms with van der Waals surface area (Å²) in [4.78, 5) is 24.9. The van der Waals surface area contributed by atoms with E-state index in [2.05, 4.69) is 0 Å². The van der Waals surface area contributed by atoms with Crippen LogP contribution >= 0.6 is 0 Å². The molecule has 0 saturated carbocycles. The van der Waals surface area contributed by atoms with Crippen LogP contribution in [0.3, 0.4) is 0 Å². The van der Waals surface area contributed by atoms with Gasteiger partial charge in [0.25, 0.3) is 0 Å². The van der Waals surface area contributed by atoms with Gasteiger partial charge in [-0.15, -0.1) is 0 Å². The van der Waals surface area contributed by atoms with Crippen molar-refractivity contribution in [2.75, 3.05) is 20.3 Å². The van der Waals surface area contributed by atoms with Gasteiger partial charge >= 0.3 is 5.97 Å². The lowest BCUT2D eigenvalue weighted by Gasteiger charge is -2.19. The number of carbonyl (C=O) groups is 2. The Kier molecular flexibility index (Phi) is 5.41. The molecule has 0 bridgehead atoms. The number of rotatable bonds is 6. The van der Waals surface area contributed by atoms with Gasteiger partial charge in [0.05, 0.1) is 5.56 Å². The first-order chi connectivity index (χ1) is 12.5. The van der Waals surface area contributed by atoms with Gasteiger partial charge in [0.2, 0.25) is 5.91 Å². The van der Waals surface area contributed by atoms with E-state index in [1.807, 2.05) is 18.2 Å². The number of carbonyl (C=O) groups excluding carboxylic acids is 1. The van der Waals surface area contributed by atoms with Crippen LogP contribution in [0.2, 0.25) is 0 Å². The van der Waals surface area contributed by atoms with E-state index in [1.54, 1.807) is 36.2 Å². The van der Waals surface area contributed by atoms with E-state index in [0.717, 1.165) is 22.6 Å². The number of aryl methyl sites for hydroxylation is 1. The Hall–Kier alpha value is -3.02. The molecular weight excluding hydrogens is 334 g/mol. The van der Waals surface area contributed by atoms with Gasteiger partial charge in [0.15, 0.2) is 11.5 Å². The number of ether oxygens (including phenoxy) is 2. The van der Waals surface area contributed by atoms with E-state index in [9.17, 15) is 9.59 Å². The molecule has 0 saturated heterocycles. The lowest BCUT2D eigenvalue weighted by molar-refractivity contribution is -0.130. The first-order valence-electron chi connectivity index (χ1n) is 8.47. The quantitative estimate of drug-likeness (QED) is 0.862. The summed E-state index contributed by atoms with van der Waals surface area (Å²) in [5, 5.41) is 8.92. The zero-order valence-electron chi connectivity index (χ0n) is 14.6. The van der Waals surface area contributed by atoms with Gasteiger partial charge in [-0.05, 0) is 41.8 Å². The van der Waals surface area contributed by atoms with Crippen molar-refractivity contribution in [1.82, 2.24) is 4.90 Å². The molecule has 2 aromatic carbocycles. The van der Waals surface area contributed by atoms with Gasteiger partial charge < -0.3 is 19.5 Å². The highest BCUT2D eigenvalue weighted by atomic mass is 16.6. The van der Waals surface area contributed by atoms with E-state index in [1.165, 1.54) is 0 Å². The summed E-state index contributed by atoms with van der Waals surface area (Å²) in [7, 11) is 1.75. The van der Waals surface area contributed by atoms with E-state index in [-0.39, 0.29) is 11.5 Å². The Morgan fingerprint density at radius 3 is 2.35 bits per heavy atom. The van der Waals surface area contributed by atoms with Crippen LogP contribution in [0.4, 0.5) is 0 Å². The number of hydrogen-bond acceptors (Lipinski definition) is 4. The monoisotopic (exact) mass is 355 g/mol. The largest absolute Gasteiger partial charge is 0.486 e. The van der Waals surface area contributed by atoms with E-state index in [0.29, 0.717) is 32.6 Å². The molecule has 136 valence electrons. The van der Waals surface area contributed by atoms with Crippen molar-refractivity contribution in [3.63, 3.8) is 0 Å². The Morgan fingerprint density at radius 2 is 1.65 bits per heavy atom. The third kappa shape index (κ3) is 4.33. The summed E-state index contributed by atoms with van der Waals surface area (Å²) in [6.07, 6.45) is 1.01. The van der Waals surface area contributed by atoms with Crippen molar-refractivity contribution >= 4 is 11.9 Å². The molecule has 3 rings (SSSR count). The summed E-state index contributed by atoms with van der Waals surface area (Å²) in [6, 6.07) is 12.3. The first-order valence-corrected chi connectivity index (χ1v) is 8.47. The lowest BCUT2D eigenvalue weighted by atomic mass is 10.1. The Morgan fingerprint density at radius 1 is 1.00 bits per heavy atom. The molecule has 2 aromatic rings. The molecule has 0 spiro atoms. The third-order valence-corrected chi connectivity index (χ3v) is 4.28. The number of carboxylic acid groups (broad SMARTS) is 1. The zero-order valence-corrected chi connectivity index (χ0v) is 14.6. The second-order valence-corrected chi connectivity index (χ2v) is 6.23. The van der Waals surface area contributed by atoms with Gasteiger partial charge in [-0.2, -0.15) is 0 Å². The molecule has 0 aliphatic carbocycles. The fourth-order valence-electron chi connectivity index (χ4n) is 2.80. The molecule has 0 atom stereocenters. The van der Waals surface area contributed by atoms with Gasteiger partial charge in [-0.3, -0.25) is 4.79 Å².